The molecular formula is C22H27N6O13P2+. The molecule has 6 rings (SSSR count). The van der Waals surface area contributed by atoms with Crippen LogP contribution in [0.4, 0.5) is 0 Å². The number of imidazole rings is 2. The van der Waals surface area contributed by atoms with Crippen molar-refractivity contribution in [2.45, 2.75) is 49.1 Å². The molecule has 2 aliphatic heterocycles. The fraction of sp³-hybridized carbons (Fsp3) is 0.455. The Morgan fingerprint density at radius 1 is 0.814 bits per heavy atom. The summed E-state index contributed by atoms with van der Waals surface area (Å²) in [5.74, 6) is 0. The molecule has 0 aromatic carbocycles. The molecule has 2 unspecified atom stereocenters. The molecule has 6 N–H and O–H groups in total. The van der Waals surface area contributed by atoms with E-state index in [1.54, 1.807) is 47.4 Å². The lowest BCUT2D eigenvalue weighted by Gasteiger charge is -2.20. The first-order valence-electron chi connectivity index (χ1n) is 12.7. The number of nitrogens with zero attached hydrogens (tertiary/aromatic N) is 6. The first kappa shape index (κ1) is 30.3. The summed E-state index contributed by atoms with van der Waals surface area (Å²) in [5.41, 5.74) is 1.17. The van der Waals surface area contributed by atoms with Gasteiger partial charge in [-0.1, -0.05) is 6.07 Å². The maximum absolute atomic E-state index is 12.4. The lowest BCUT2D eigenvalue weighted by atomic mass is 10.1. The van der Waals surface area contributed by atoms with Crippen LogP contribution in [0.3, 0.4) is 0 Å². The van der Waals surface area contributed by atoms with Crippen LogP contribution in [0.25, 0.3) is 16.8 Å². The summed E-state index contributed by atoms with van der Waals surface area (Å²) in [4.78, 5) is 32.8. The zero-order valence-corrected chi connectivity index (χ0v) is 23.6. The Labute approximate surface area is 241 Å². The average Bonchev–Trinajstić information content (AvgIpc) is 3.73. The smallest absolute Gasteiger partial charge is 0.387 e. The SMILES string of the molecule is O=P(O)(OC[C@H]1O[C@@H](n2cnc3c2ncn2ccnc32)[C@H](O)[C@@H]1O)OP(=O)(O)OC[C@H]1O[C@@H]([n+]2ccccc2)[C@H](O)[C@@H]1O. The summed E-state index contributed by atoms with van der Waals surface area (Å²) in [6.45, 7) is -1.65. The van der Waals surface area contributed by atoms with E-state index >= 15 is 0 Å². The third-order valence-corrected chi connectivity index (χ3v) is 9.55. The van der Waals surface area contributed by atoms with Gasteiger partial charge in [-0.05, 0) is 0 Å². The first-order valence-corrected chi connectivity index (χ1v) is 15.7. The molecule has 2 saturated heterocycles. The van der Waals surface area contributed by atoms with E-state index in [0.717, 1.165) is 0 Å². The molecule has 4 aromatic heterocycles. The van der Waals surface area contributed by atoms with Crippen LogP contribution >= 0.6 is 15.6 Å². The molecule has 19 nitrogen and oxygen atoms in total. The topological polar surface area (TPSA) is 254 Å². The molecule has 232 valence electrons. The van der Waals surface area contributed by atoms with Gasteiger partial charge in [0.15, 0.2) is 41.5 Å². The summed E-state index contributed by atoms with van der Waals surface area (Å²) >= 11 is 0. The van der Waals surface area contributed by atoms with Gasteiger partial charge in [0, 0.05) is 24.5 Å². The molecule has 2 aliphatic rings. The van der Waals surface area contributed by atoms with Gasteiger partial charge in [0.25, 0.3) is 6.23 Å². The zero-order valence-electron chi connectivity index (χ0n) is 21.8. The summed E-state index contributed by atoms with van der Waals surface area (Å²) in [7, 11) is -10.6. The van der Waals surface area contributed by atoms with Gasteiger partial charge in [-0.2, -0.15) is 8.88 Å². The van der Waals surface area contributed by atoms with E-state index in [-0.39, 0.29) is 5.65 Å². The van der Waals surface area contributed by atoms with Crippen molar-refractivity contribution in [2.75, 3.05) is 13.2 Å². The average molecular weight is 645 g/mol. The predicted molar refractivity (Wildman–Crippen MR) is 137 cm³/mol. The van der Waals surface area contributed by atoms with E-state index in [1.807, 2.05) is 0 Å². The Morgan fingerprint density at radius 2 is 1.47 bits per heavy atom. The third kappa shape index (κ3) is 6.01. The van der Waals surface area contributed by atoms with Gasteiger partial charge in [-0.3, -0.25) is 18.0 Å². The number of aliphatic hydroxyl groups is 4. The van der Waals surface area contributed by atoms with E-state index in [9.17, 15) is 39.3 Å². The van der Waals surface area contributed by atoms with Crippen molar-refractivity contribution < 1.29 is 66.7 Å². The van der Waals surface area contributed by atoms with Gasteiger partial charge in [0.2, 0.25) is 0 Å². The molecule has 0 bridgehead atoms. The molecule has 43 heavy (non-hydrogen) atoms. The number of aromatic nitrogens is 6. The van der Waals surface area contributed by atoms with Crippen molar-refractivity contribution in [3.63, 3.8) is 0 Å². The van der Waals surface area contributed by atoms with Crippen LogP contribution in [0, 0.1) is 0 Å². The zero-order chi connectivity index (χ0) is 30.5. The van der Waals surface area contributed by atoms with Crippen LogP contribution in [0.5, 0.6) is 0 Å². The number of ether oxygens (including phenoxy) is 2. The number of rotatable bonds is 10. The van der Waals surface area contributed by atoms with Crippen molar-refractivity contribution in [3.8, 4) is 0 Å². The second-order valence-corrected chi connectivity index (χ2v) is 12.8. The highest BCUT2D eigenvalue weighted by Gasteiger charge is 2.50. The summed E-state index contributed by atoms with van der Waals surface area (Å²) in [6, 6.07) is 5.04. The molecule has 0 saturated carbocycles. The molecule has 21 heteroatoms. The van der Waals surface area contributed by atoms with Crippen LogP contribution < -0.4 is 4.57 Å². The number of fused-ring (bicyclic) bond motifs is 3. The minimum atomic E-state index is -5.31. The molecule has 2 fully saturated rings. The molecule has 10 atom stereocenters. The van der Waals surface area contributed by atoms with Gasteiger partial charge in [0.05, 0.1) is 19.5 Å². The van der Waals surface area contributed by atoms with Crippen molar-refractivity contribution >= 4 is 32.5 Å². The molecular weight excluding hydrogens is 618 g/mol. The van der Waals surface area contributed by atoms with E-state index in [0.29, 0.717) is 11.2 Å². The lowest BCUT2D eigenvalue weighted by Crippen LogP contribution is -2.45. The van der Waals surface area contributed by atoms with Crippen molar-refractivity contribution in [2.24, 2.45) is 0 Å². The number of pyridine rings is 1. The Kier molecular flexibility index (Phi) is 8.20. The van der Waals surface area contributed by atoms with Crippen molar-refractivity contribution in [1.82, 2.24) is 23.9 Å². The van der Waals surface area contributed by atoms with Crippen LogP contribution in [0.15, 0.2) is 55.6 Å². The number of hydrogen-bond acceptors (Lipinski definition) is 14. The molecule has 4 aromatic rings. The van der Waals surface area contributed by atoms with E-state index in [1.165, 1.54) is 21.8 Å². The minimum Gasteiger partial charge on any atom is -0.387 e. The largest absolute Gasteiger partial charge is 0.481 e. The normalized spacial score (nSPS) is 32.3. The monoisotopic (exact) mass is 645 g/mol. The van der Waals surface area contributed by atoms with Crippen LogP contribution in [-0.4, -0.2) is 104 Å². The Balaban J connectivity index is 1.05. The highest BCUT2D eigenvalue weighted by atomic mass is 31.3. The maximum atomic E-state index is 12.4. The van der Waals surface area contributed by atoms with Crippen molar-refractivity contribution in [1.29, 1.82) is 0 Å². The third-order valence-electron chi connectivity index (χ3n) is 6.94. The summed E-state index contributed by atoms with van der Waals surface area (Å²) in [6.07, 6.45) is -1.87. The Bertz CT molecular complexity index is 1690. The van der Waals surface area contributed by atoms with E-state index < -0.39 is 77.9 Å². The maximum Gasteiger partial charge on any atom is 0.481 e. The van der Waals surface area contributed by atoms with Gasteiger partial charge < -0.3 is 39.7 Å². The van der Waals surface area contributed by atoms with Gasteiger partial charge >= 0.3 is 15.6 Å². The Morgan fingerprint density at radius 3 is 2.16 bits per heavy atom. The predicted octanol–water partition coefficient (Wildman–Crippen LogP) is -1.44. The van der Waals surface area contributed by atoms with Crippen LogP contribution in [-0.2, 0) is 32.0 Å². The Hall–Kier alpha value is -2.74. The number of phosphoric ester groups is 2. The van der Waals surface area contributed by atoms with Crippen molar-refractivity contribution in [3.05, 3.63) is 55.6 Å². The molecule has 6 heterocycles. The standard InChI is InChI=1S/C22H26N6O13P2/c29-15-12(39-21(17(15)31)26-5-2-1-3-6-26)8-37-42(33,34)41-43(35,36)38-9-13-16(30)18(32)22(40-13)28-11-24-14-19-23-4-7-27(19)10-25-20(14)28/h1-7,10-13,15-18,21-22,29-32H,8-9H2,(H-,33,34,35,36)/p+1/t12-,13-,15-,16-,17-,18-,21-,22-/m1/s1. The van der Waals surface area contributed by atoms with Crippen LogP contribution in [0.1, 0.15) is 12.5 Å². The van der Waals surface area contributed by atoms with Gasteiger partial charge in [0.1, 0.15) is 36.8 Å². The van der Waals surface area contributed by atoms with E-state index in [4.69, 9.17) is 18.5 Å². The number of phosphoric acid groups is 2. The van der Waals surface area contributed by atoms with Gasteiger partial charge in [-0.25, -0.2) is 24.1 Å². The lowest BCUT2D eigenvalue weighted by molar-refractivity contribution is -0.765. The molecule has 0 aliphatic carbocycles. The molecule has 0 amide bonds. The highest BCUT2D eigenvalue weighted by Crippen LogP contribution is 2.60. The molecule has 0 spiro atoms. The first-order chi connectivity index (χ1) is 20.4. The van der Waals surface area contributed by atoms with Crippen LogP contribution in [0.2, 0.25) is 0 Å². The second-order valence-electron chi connectivity index (χ2n) is 9.75. The summed E-state index contributed by atoms with van der Waals surface area (Å²) in [5, 5.41) is 41.7. The number of hydrogen-bond donors (Lipinski definition) is 6. The minimum absolute atomic E-state index is 0.281. The fourth-order valence-electron chi connectivity index (χ4n) is 4.84. The highest BCUT2D eigenvalue weighted by molar-refractivity contribution is 7.61. The van der Waals surface area contributed by atoms with E-state index in [2.05, 4.69) is 19.3 Å². The second kappa shape index (κ2) is 11.6. The quantitative estimate of drug-likeness (QED) is 0.0852. The van der Waals surface area contributed by atoms with Gasteiger partial charge in [-0.15, -0.1) is 0 Å². The molecule has 0 radical (unpaired) electrons. The fourth-order valence-corrected chi connectivity index (χ4v) is 6.93. The number of aliphatic hydroxyl groups excluding tert-OH is 4. The summed E-state index contributed by atoms with van der Waals surface area (Å²) < 4.78 is 54.2.